The Kier molecular flexibility index (Phi) is 3.94. The summed E-state index contributed by atoms with van der Waals surface area (Å²) in [6.45, 7) is 0.352. The Hall–Kier alpha value is -1.55. The predicted octanol–water partition coefficient (Wildman–Crippen LogP) is 0.720. The van der Waals surface area contributed by atoms with Crippen LogP contribution in [0.4, 0.5) is 0 Å². The zero-order valence-electron chi connectivity index (χ0n) is 7.72. The summed E-state index contributed by atoms with van der Waals surface area (Å²) < 4.78 is 8.32. The highest BCUT2D eigenvalue weighted by molar-refractivity contribution is 5.37. The number of hydrogen-bond donors (Lipinski definition) is 1. The van der Waals surface area contributed by atoms with Gasteiger partial charge < -0.3 is 9.47 Å². The lowest BCUT2D eigenvalue weighted by Crippen LogP contribution is -2.25. The molecule has 1 rings (SSSR count). The predicted molar refractivity (Wildman–Crippen MR) is 52.3 cm³/mol. The Bertz CT molecular complexity index is 284. The SMILES string of the molecule is [CH2-][OH+]c1ccc(CC(N)OC=O)cc1. The van der Waals surface area contributed by atoms with Crippen molar-refractivity contribution in [1.82, 2.24) is 0 Å². The molecular formula is C10H13NO3. The van der Waals surface area contributed by atoms with Crippen molar-refractivity contribution in [3.8, 4) is 5.75 Å². The molecule has 0 amide bonds. The molecule has 1 aromatic rings. The summed E-state index contributed by atoms with van der Waals surface area (Å²) in [5.74, 6) is 0.804. The molecule has 0 spiro atoms. The van der Waals surface area contributed by atoms with Crippen molar-refractivity contribution in [3.05, 3.63) is 36.9 Å². The quantitative estimate of drug-likeness (QED) is 0.326. The average molecular weight is 195 g/mol. The number of hydrogen-bond acceptors (Lipinski definition) is 3. The highest BCUT2D eigenvalue weighted by atomic mass is 16.5. The van der Waals surface area contributed by atoms with E-state index in [1.165, 1.54) is 0 Å². The third-order valence-electron chi connectivity index (χ3n) is 1.79. The van der Waals surface area contributed by atoms with Gasteiger partial charge in [0.2, 0.25) is 5.75 Å². The standard InChI is InChI=1S/C10H13NO3/c1-13-9-4-2-8(3-5-9)6-10(11)14-7-12/h2-5,7,10,13H,1,6,11H2. The zero-order valence-corrected chi connectivity index (χ0v) is 7.72. The minimum atomic E-state index is -0.588. The lowest BCUT2D eigenvalue weighted by atomic mass is 10.1. The Morgan fingerprint density at radius 3 is 2.64 bits per heavy atom. The van der Waals surface area contributed by atoms with E-state index in [-0.39, 0.29) is 0 Å². The molecule has 0 aliphatic rings. The van der Waals surface area contributed by atoms with Gasteiger partial charge in [0.25, 0.3) is 6.47 Å². The average Bonchev–Trinajstić information content (AvgIpc) is 2.19. The Morgan fingerprint density at radius 2 is 2.14 bits per heavy atom. The van der Waals surface area contributed by atoms with Gasteiger partial charge in [0.15, 0.2) is 6.23 Å². The van der Waals surface area contributed by atoms with Crippen molar-refractivity contribution in [1.29, 1.82) is 0 Å². The third-order valence-corrected chi connectivity index (χ3v) is 1.79. The molecule has 1 unspecified atom stereocenters. The van der Waals surface area contributed by atoms with E-state index in [9.17, 15) is 4.79 Å². The molecule has 0 aromatic heterocycles. The monoisotopic (exact) mass is 195 g/mol. The minimum absolute atomic E-state index is 0.352. The molecule has 1 aromatic carbocycles. The van der Waals surface area contributed by atoms with Crippen LogP contribution in [0.15, 0.2) is 24.3 Å². The van der Waals surface area contributed by atoms with Crippen LogP contribution in [-0.2, 0) is 16.0 Å². The van der Waals surface area contributed by atoms with Crippen LogP contribution in [0.5, 0.6) is 5.75 Å². The normalized spacial score (nSPS) is 11.9. The molecule has 0 saturated carbocycles. The molecule has 0 fully saturated rings. The maximum Gasteiger partial charge on any atom is 0.294 e. The number of aliphatic hydroxyl groups is 1. The van der Waals surface area contributed by atoms with Gasteiger partial charge in [-0.05, 0) is 24.8 Å². The van der Waals surface area contributed by atoms with Gasteiger partial charge in [-0.1, -0.05) is 0 Å². The zero-order chi connectivity index (χ0) is 10.4. The van der Waals surface area contributed by atoms with Gasteiger partial charge in [0.1, 0.15) is 0 Å². The van der Waals surface area contributed by atoms with Crippen molar-refractivity contribution >= 4 is 6.47 Å². The highest BCUT2D eigenvalue weighted by Gasteiger charge is 2.04. The number of carbonyl (C=O) groups excluding carboxylic acids is 1. The molecule has 76 valence electrons. The van der Waals surface area contributed by atoms with Gasteiger partial charge in [-0.15, -0.1) is 0 Å². The van der Waals surface area contributed by atoms with Crippen LogP contribution in [-0.4, -0.2) is 17.4 Å². The third kappa shape index (κ3) is 3.06. The van der Waals surface area contributed by atoms with Crippen LogP contribution >= 0.6 is 0 Å². The second kappa shape index (κ2) is 5.24. The minimum Gasteiger partial charge on any atom is -0.722 e. The maximum atomic E-state index is 9.98. The van der Waals surface area contributed by atoms with Crippen molar-refractivity contribution in [2.45, 2.75) is 12.6 Å². The molecule has 0 bridgehead atoms. The fourth-order valence-corrected chi connectivity index (χ4v) is 1.09. The summed E-state index contributed by atoms with van der Waals surface area (Å²) in [5.41, 5.74) is 6.49. The molecule has 0 aliphatic carbocycles. The smallest absolute Gasteiger partial charge is 0.294 e. The number of carbonyl (C=O) groups is 1. The molecule has 1 atom stereocenters. The van der Waals surface area contributed by atoms with Gasteiger partial charge in [-0.2, -0.15) is 0 Å². The molecule has 0 radical (unpaired) electrons. The van der Waals surface area contributed by atoms with E-state index in [0.717, 1.165) is 11.3 Å². The topological polar surface area (TPSA) is 65.1 Å². The second-order valence-electron chi connectivity index (χ2n) is 2.80. The van der Waals surface area contributed by atoms with E-state index in [1.807, 2.05) is 24.3 Å². The van der Waals surface area contributed by atoms with E-state index < -0.39 is 6.23 Å². The first kappa shape index (κ1) is 10.5. The maximum absolute atomic E-state index is 9.98. The van der Waals surface area contributed by atoms with Gasteiger partial charge in [0, 0.05) is 18.6 Å². The molecular weight excluding hydrogens is 182 g/mol. The fourth-order valence-electron chi connectivity index (χ4n) is 1.09. The first-order valence-electron chi connectivity index (χ1n) is 4.16. The molecule has 0 aliphatic heterocycles. The summed E-state index contributed by atoms with van der Waals surface area (Å²) in [7, 11) is 3.41. The number of aromatic hydroxyl groups is 1. The van der Waals surface area contributed by atoms with Crippen LogP contribution in [0.1, 0.15) is 5.56 Å². The number of nitrogens with two attached hydrogens (primary N) is 1. The first-order valence-corrected chi connectivity index (χ1v) is 4.16. The molecule has 0 heterocycles. The molecule has 4 nitrogen and oxygen atoms in total. The largest absolute Gasteiger partial charge is 0.722 e. The summed E-state index contributed by atoms with van der Waals surface area (Å²) in [6, 6.07) is 7.40. The van der Waals surface area contributed by atoms with E-state index in [1.54, 1.807) is 0 Å². The van der Waals surface area contributed by atoms with Crippen LogP contribution in [0.2, 0.25) is 0 Å². The van der Waals surface area contributed by atoms with E-state index >= 15 is 0 Å². The second-order valence-corrected chi connectivity index (χ2v) is 2.80. The number of ether oxygens (including phenoxy) is 2. The lowest BCUT2D eigenvalue weighted by molar-refractivity contribution is -0.133. The van der Waals surface area contributed by atoms with E-state index in [0.29, 0.717) is 12.9 Å². The Balaban J connectivity index is 2.54. The highest BCUT2D eigenvalue weighted by Crippen LogP contribution is 2.13. The van der Waals surface area contributed by atoms with Crippen molar-refractivity contribution in [2.75, 3.05) is 0 Å². The molecule has 14 heavy (non-hydrogen) atoms. The molecule has 3 N–H and O–H groups in total. The van der Waals surface area contributed by atoms with Gasteiger partial charge in [-0.25, -0.2) is 0 Å². The van der Waals surface area contributed by atoms with Crippen LogP contribution < -0.4 is 5.73 Å². The lowest BCUT2D eigenvalue weighted by Gasteiger charge is -2.09. The van der Waals surface area contributed by atoms with Crippen LogP contribution in [0.25, 0.3) is 0 Å². The summed E-state index contributed by atoms with van der Waals surface area (Å²) in [4.78, 5) is 9.98. The van der Waals surface area contributed by atoms with Crippen molar-refractivity contribution < 1.29 is 14.3 Å². The number of benzene rings is 1. The van der Waals surface area contributed by atoms with E-state index in [2.05, 4.69) is 16.6 Å². The van der Waals surface area contributed by atoms with Crippen LogP contribution in [0, 0.1) is 7.11 Å². The fraction of sp³-hybridized carbons (Fsp3) is 0.200. The van der Waals surface area contributed by atoms with Crippen molar-refractivity contribution in [3.63, 3.8) is 0 Å². The molecule has 4 heteroatoms. The summed E-state index contributed by atoms with van der Waals surface area (Å²) in [6.07, 6.45) is -0.0917. The summed E-state index contributed by atoms with van der Waals surface area (Å²) >= 11 is 0. The van der Waals surface area contributed by atoms with Crippen molar-refractivity contribution in [2.24, 2.45) is 5.73 Å². The number of rotatable bonds is 5. The Labute approximate surface area is 82.6 Å². The Morgan fingerprint density at radius 1 is 1.50 bits per heavy atom. The molecule has 0 saturated heterocycles. The van der Waals surface area contributed by atoms with Gasteiger partial charge >= 0.3 is 0 Å². The van der Waals surface area contributed by atoms with Crippen LogP contribution in [0.3, 0.4) is 0 Å². The van der Waals surface area contributed by atoms with E-state index in [4.69, 9.17) is 5.73 Å². The first-order chi connectivity index (χ1) is 6.76. The summed E-state index contributed by atoms with van der Waals surface area (Å²) in [5, 5.41) is 0. The van der Waals surface area contributed by atoms with Gasteiger partial charge in [0.05, 0.1) is 0 Å². The van der Waals surface area contributed by atoms with Gasteiger partial charge in [-0.3, -0.25) is 10.5 Å².